The van der Waals surface area contributed by atoms with E-state index >= 15 is 0 Å². The van der Waals surface area contributed by atoms with Gasteiger partial charge in [0.05, 0.1) is 11.6 Å². The fourth-order valence-electron chi connectivity index (χ4n) is 7.45. The molecule has 2 heterocycles. The predicted octanol–water partition coefficient (Wildman–Crippen LogP) is 6.10. The molecule has 3 aromatic rings. The molecule has 3 aromatic carbocycles. The molecule has 2 saturated heterocycles. The summed E-state index contributed by atoms with van der Waals surface area (Å²) in [6.07, 6.45) is 9.10. The minimum atomic E-state index is -0.967. The van der Waals surface area contributed by atoms with E-state index in [1.54, 1.807) is 34.1 Å². The van der Waals surface area contributed by atoms with Crippen molar-refractivity contribution < 1.29 is 19.1 Å². The van der Waals surface area contributed by atoms with E-state index in [1.807, 2.05) is 54.6 Å². The second-order valence-electron chi connectivity index (χ2n) is 13.1. The molecule has 0 bridgehead atoms. The molecule has 3 atom stereocenters. The first kappa shape index (κ1) is 32.3. The van der Waals surface area contributed by atoms with Crippen molar-refractivity contribution in [2.45, 2.75) is 88.9 Å². The Balaban J connectivity index is 1.20. The minimum Gasteiger partial charge on any atom is -0.489 e. The Hall–Kier alpha value is -4.64. The van der Waals surface area contributed by atoms with Crippen LogP contribution in [0.4, 0.5) is 0 Å². The fraction of sp³-hybridized carbons (Fsp3) is 0.436. The number of nitrogens with zero attached hydrogens (tertiary/aromatic N) is 3. The first-order valence-electron chi connectivity index (χ1n) is 17.2. The third-order valence-electron chi connectivity index (χ3n) is 9.99. The fourth-order valence-corrected chi connectivity index (χ4v) is 7.45. The van der Waals surface area contributed by atoms with Crippen molar-refractivity contribution >= 4 is 17.7 Å². The van der Waals surface area contributed by atoms with Gasteiger partial charge in [0.2, 0.25) is 17.7 Å². The molecule has 1 aliphatic carbocycles. The smallest absolute Gasteiger partial charge is 0.247 e. The summed E-state index contributed by atoms with van der Waals surface area (Å²) in [5, 5.41) is 12.5. The number of hydrogen-bond donors (Lipinski definition) is 1. The monoisotopic (exact) mass is 632 g/mol. The summed E-state index contributed by atoms with van der Waals surface area (Å²) in [5.41, 5.74) is 3.23. The summed E-state index contributed by atoms with van der Waals surface area (Å²) in [7, 11) is 0. The highest BCUT2D eigenvalue weighted by Gasteiger charge is 2.51. The highest BCUT2D eigenvalue weighted by molar-refractivity contribution is 6.00. The average molecular weight is 633 g/mol. The molecule has 3 aliphatic rings. The molecule has 3 fully saturated rings. The van der Waals surface area contributed by atoms with E-state index in [0.717, 1.165) is 55.4 Å². The van der Waals surface area contributed by atoms with Crippen LogP contribution in [-0.4, -0.2) is 52.7 Å². The van der Waals surface area contributed by atoms with Gasteiger partial charge in [0.15, 0.2) is 0 Å². The minimum absolute atomic E-state index is 0.0270. The normalized spacial score (nSPS) is 20.7. The zero-order valence-electron chi connectivity index (χ0n) is 27.0. The number of piperazine rings is 1. The number of carbonyl (C=O) groups is 3. The predicted molar refractivity (Wildman–Crippen MR) is 179 cm³/mol. The molecular weight excluding hydrogens is 588 g/mol. The van der Waals surface area contributed by atoms with Crippen LogP contribution in [0.5, 0.6) is 5.75 Å². The van der Waals surface area contributed by atoms with Crippen molar-refractivity contribution in [2.75, 3.05) is 13.1 Å². The van der Waals surface area contributed by atoms with Gasteiger partial charge in [0.25, 0.3) is 0 Å². The van der Waals surface area contributed by atoms with E-state index in [9.17, 15) is 19.6 Å². The number of nitriles is 1. The number of fused-ring (bicyclic) bond motifs is 1. The van der Waals surface area contributed by atoms with Gasteiger partial charge in [0, 0.05) is 13.1 Å². The van der Waals surface area contributed by atoms with E-state index in [2.05, 4.69) is 11.4 Å². The molecular formula is C39H44N4O4. The Labute approximate surface area is 277 Å². The van der Waals surface area contributed by atoms with Gasteiger partial charge < -0.3 is 19.9 Å². The third-order valence-corrected chi connectivity index (χ3v) is 9.99. The van der Waals surface area contributed by atoms with Gasteiger partial charge in [-0.15, -0.1) is 0 Å². The van der Waals surface area contributed by atoms with Gasteiger partial charge in [-0.05, 0) is 79.0 Å². The summed E-state index contributed by atoms with van der Waals surface area (Å²) >= 11 is 0. The molecule has 1 N–H and O–H groups in total. The summed E-state index contributed by atoms with van der Waals surface area (Å²) < 4.78 is 5.92. The van der Waals surface area contributed by atoms with Gasteiger partial charge in [-0.3, -0.25) is 14.4 Å². The number of hydrogen-bond acceptors (Lipinski definition) is 5. The lowest BCUT2D eigenvalue weighted by Crippen LogP contribution is -2.67. The van der Waals surface area contributed by atoms with Gasteiger partial charge in [-0.2, -0.15) is 5.26 Å². The van der Waals surface area contributed by atoms with Crippen LogP contribution in [0, 0.1) is 17.2 Å². The summed E-state index contributed by atoms with van der Waals surface area (Å²) in [4.78, 5) is 46.1. The number of amides is 3. The Morgan fingerprint density at radius 2 is 1.57 bits per heavy atom. The first-order valence-corrected chi connectivity index (χ1v) is 17.2. The molecule has 0 aromatic heterocycles. The second kappa shape index (κ2) is 15.3. The summed E-state index contributed by atoms with van der Waals surface area (Å²) in [6, 6.07) is 24.7. The number of carbonyl (C=O) groups excluding carboxylic acids is 3. The molecule has 0 spiro atoms. The average Bonchev–Trinajstić information content (AvgIpc) is 3.12. The lowest BCUT2D eigenvalue weighted by molar-refractivity contribution is -0.169. The molecule has 8 nitrogen and oxygen atoms in total. The Bertz CT molecular complexity index is 1560. The largest absolute Gasteiger partial charge is 0.489 e. The maximum atomic E-state index is 14.4. The van der Waals surface area contributed by atoms with Gasteiger partial charge >= 0.3 is 0 Å². The second-order valence-corrected chi connectivity index (χ2v) is 13.1. The summed E-state index contributed by atoms with van der Waals surface area (Å²) in [5.74, 6) is 0.647. The van der Waals surface area contributed by atoms with Crippen LogP contribution in [0.25, 0.3) is 0 Å². The highest BCUT2D eigenvalue weighted by Crippen LogP contribution is 2.38. The maximum absolute atomic E-state index is 14.4. The van der Waals surface area contributed by atoms with Crippen molar-refractivity contribution in [1.29, 1.82) is 5.26 Å². The van der Waals surface area contributed by atoms with Crippen LogP contribution in [0.15, 0.2) is 78.9 Å². The van der Waals surface area contributed by atoms with Crippen LogP contribution in [0.3, 0.4) is 0 Å². The zero-order valence-corrected chi connectivity index (χ0v) is 27.0. The van der Waals surface area contributed by atoms with E-state index in [0.29, 0.717) is 56.0 Å². The molecule has 2 aliphatic heterocycles. The highest BCUT2D eigenvalue weighted by atomic mass is 16.5. The van der Waals surface area contributed by atoms with Crippen LogP contribution in [0.2, 0.25) is 0 Å². The molecule has 1 saturated carbocycles. The van der Waals surface area contributed by atoms with Crippen LogP contribution >= 0.6 is 0 Å². The SMILES string of the molecule is N#Cc1ccc(C(C(=O)NCCc2ccc(OCc3ccccc3)cc2)N2C(=O)C3CCCCN3C(=O)C2CC2CCCCC2)cc1. The quantitative estimate of drug-likeness (QED) is 0.275. The number of benzene rings is 3. The van der Waals surface area contributed by atoms with E-state index in [1.165, 1.54) is 6.42 Å². The van der Waals surface area contributed by atoms with Crippen molar-refractivity contribution in [2.24, 2.45) is 5.92 Å². The Kier molecular flexibility index (Phi) is 10.5. The van der Waals surface area contributed by atoms with E-state index < -0.39 is 18.1 Å². The molecule has 8 heteroatoms. The van der Waals surface area contributed by atoms with Gasteiger partial charge in [0.1, 0.15) is 30.5 Å². The van der Waals surface area contributed by atoms with Crippen molar-refractivity contribution in [3.05, 3.63) is 101 Å². The Morgan fingerprint density at radius 1 is 0.851 bits per heavy atom. The van der Waals surface area contributed by atoms with Crippen molar-refractivity contribution in [3.8, 4) is 11.8 Å². The number of ether oxygens (including phenoxy) is 1. The molecule has 47 heavy (non-hydrogen) atoms. The maximum Gasteiger partial charge on any atom is 0.247 e. The first-order chi connectivity index (χ1) is 23.0. The van der Waals surface area contributed by atoms with Crippen molar-refractivity contribution in [3.63, 3.8) is 0 Å². The molecule has 3 amide bonds. The summed E-state index contributed by atoms with van der Waals surface area (Å²) in [6.45, 7) is 1.45. The topological polar surface area (TPSA) is 103 Å². The van der Waals surface area contributed by atoms with Crippen LogP contribution in [-0.2, 0) is 27.4 Å². The van der Waals surface area contributed by atoms with Crippen LogP contribution in [0.1, 0.15) is 86.1 Å². The van der Waals surface area contributed by atoms with E-state index in [-0.39, 0.29) is 17.7 Å². The lowest BCUT2D eigenvalue weighted by Gasteiger charge is -2.50. The van der Waals surface area contributed by atoms with E-state index in [4.69, 9.17) is 4.74 Å². The zero-order chi connectivity index (χ0) is 32.6. The number of rotatable bonds is 11. The molecule has 3 unspecified atom stereocenters. The van der Waals surface area contributed by atoms with Crippen molar-refractivity contribution in [1.82, 2.24) is 15.1 Å². The van der Waals surface area contributed by atoms with Gasteiger partial charge in [-0.1, -0.05) is 86.7 Å². The molecule has 0 radical (unpaired) electrons. The molecule has 244 valence electrons. The lowest BCUT2D eigenvalue weighted by atomic mass is 9.82. The Morgan fingerprint density at radius 3 is 2.30 bits per heavy atom. The standard InChI is InChI=1S/C39H44N4O4/c40-26-30-14-18-32(19-15-30)36(37(44)41-23-22-28-16-20-33(21-17-28)47-27-31-11-5-2-6-12-31)43-35(25-29-9-3-1-4-10-29)38(45)42-24-8-7-13-34(42)39(43)46/h2,5-6,11-12,14-21,29,34-36H,1,3-4,7-10,13,22-25,27H2,(H,41,44). The third kappa shape index (κ3) is 7.68. The molecule has 6 rings (SSSR count). The van der Waals surface area contributed by atoms with Gasteiger partial charge in [-0.25, -0.2) is 0 Å². The van der Waals surface area contributed by atoms with Crippen LogP contribution < -0.4 is 10.1 Å². The number of piperidine rings is 1. The number of nitrogens with one attached hydrogen (secondary N) is 1.